The van der Waals surface area contributed by atoms with Gasteiger partial charge in [0.15, 0.2) is 0 Å². The predicted octanol–water partition coefficient (Wildman–Crippen LogP) is 0.936. The zero-order valence-corrected chi connectivity index (χ0v) is 10.5. The van der Waals surface area contributed by atoms with Crippen molar-refractivity contribution in [3.63, 3.8) is 0 Å². The molecule has 1 heterocycles. The summed E-state index contributed by atoms with van der Waals surface area (Å²) in [7, 11) is 0. The van der Waals surface area contributed by atoms with Crippen LogP contribution in [0.15, 0.2) is 0 Å². The molecular weight excluding hydrogens is 206 g/mol. The van der Waals surface area contributed by atoms with Crippen molar-refractivity contribution >= 4 is 5.91 Å². The van der Waals surface area contributed by atoms with Crippen LogP contribution in [0.1, 0.15) is 33.6 Å². The van der Waals surface area contributed by atoms with Gasteiger partial charge in [-0.05, 0) is 25.2 Å². The summed E-state index contributed by atoms with van der Waals surface area (Å²) in [5.74, 6) is 0.0958. The molecule has 0 bridgehead atoms. The topological polar surface area (TPSA) is 58.6 Å². The average Bonchev–Trinajstić information content (AvgIpc) is 2.64. The monoisotopic (exact) mass is 229 g/mol. The van der Waals surface area contributed by atoms with Gasteiger partial charge in [-0.25, -0.2) is 0 Å². The normalized spacial score (nSPS) is 23.1. The molecule has 0 spiro atoms. The molecule has 2 atom stereocenters. The molecule has 0 saturated carbocycles. The number of aliphatic hydroxyl groups is 1. The Bertz CT molecular complexity index is 232. The first-order valence-electron chi connectivity index (χ1n) is 5.94. The quantitative estimate of drug-likeness (QED) is 0.737. The van der Waals surface area contributed by atoms with Crippen molar-refractivity contribution in [1.29, 1.82) is 0 Å². The average molecular weight is 229 g/mol. The lowest BCUT2D eigenvalue weighted by Gasteiger charge is -2.26. The smallest absolute Gasteiger partial charge is 0.225 e. The summed E-state index contributed by atoms with van der Waals surface area (Å²) in [6.07, 6.45) is 1.18. The molecule has 94 valence electrons. The van der Waals surface area contributed by atoms with Gasteiger partial charge in [-0.15, -0.1) is 0 Å². The van der Waals surface area contributed by atoms with Gasteiger partial charge in [0.05, 0.1) is 18.6 Å². The Hall–Kier alpha value is -0.610. The number of nitrogens with one attached hydrogen (secondary N) is 1. The highest BCUT2D eigenvalue weighted by Gasteiger charge is 2.26. The largest absolute Gasteiger partial charge is 0.393 e. The van der Waals surface area contributed by atoms with Crippen LogP contribution in [-0.2, 0) is 9.53 Å². The predicted molar refractivity (Wildman–Crippen MR) is 62.0 cm³/mol. The van der Waals surface area contributed by atoms with Gasteiger partial charge < -0.3 is 15.2 Å². The van der Waals surface area contributed by atoms with Crippen molar-refractivity contribution in [3.8, 4) is 0 Å². The zero-order valence-electron chi connectivity index (χ0n) is 10.5. The molecule has 1 fully saturated rings. The van der Waals surface area contributed by atoms with Gasteiger partial charge in [0.2, 0.25) is 5.91 Å². The highest BCUT2D eigenvalue weighted by molar-refractivity contribution is 5.79. The highest BCUT2D eigenvalue weighted by atomic mass is 16.5. The lowest BCUT2D eigenvalue weighted by Crippen LogP contribution is -2.39. The van der Waals surface area contributed by atoms with Gasteiger partial charge in [0.25, 0.3) is 0 Å². The minimum Gasteiger partial charge on any atom is -0.393 e. The Labute approximate surface area is 97.4 Å². The molecule has 1 amide bonds. The molecule has 1 rings (SSSR count). The van der Waals surface area contributed by atoms with Crippen LogP contribution in [0.4, 0.5) is 0 Å². The fourth-order valence-electron chi connectivity index (χ4n) is 2.08. The third-order valence-electron chi connectivity index (χ3n) is 2.89. The number of carbonyl (C=O) groups excluding carboxylic acids is 1. The number of amides is 1. The number of hydrogen-bond donors (Lipinski definition) is 2. The Morgan fingerprint density at radius 2 is 2.31 bits per heavy atom. The van der Waals surface area contributed by atoms with E-state index in [0.29, 0.717) is 26.2 Å². The first kappa shape index (κ1) is 13.5. The molecule has 4 heteroatoms. The number of ether oxygens (including phenoxy) is 1. The fraction of sp³-hybridized carbons (Fsp3) is 0.917. The van der Waals surface area contributed by atoms with Crippen molar-refractivity contribution in [2.75, 3.05) is 19.8 Å². The summed E-state index contributed by atoms with van der Waals surface area (Å²) in [4.78, 5) is 11.7. The molecular formula is C12H23NO3. The first-order valence-corrected chi connectivity index (χ1v) is 5.94. The van der Waals surface area contributed by atoms with Gasteiger partial charge in [-0.1, -0.05) is 13.8 Å². The van der Waals surface area contributed by atoms with Crippen molar-refractivity contribution in [1.82, 2.24) is 5.32 Å². The minimum atomic E-state index is -0.332. The van der Waals surface area contributed by atoms with E-state index in [0.717, 1.165) is 6.42 Å². The van der Waals surface area contributed by atoms with E-state index in [9.17, 15) is 9.90 Å². The molecule has 2 N–H and O–H groups in total. The molecule has 0 aromatic carbocycles. The van der Waals surface area contributed by atoms with E-state index in [1.54, 1.807) is 6.92 Å². The van der Waals surface area contributed by atoms with Crippen molar-refractivity contribution in [2.24, 2.45) is 11.3 Å². The summed E-state index contributed by atoms with van der Waals surface area (Å²) in [6.45, 7) is 7.70. The molecule has 2 unspecified atom stereocenters. The molecule has 1 saturated heterocycles. The highest BCUT2D eigenvalue weighted by Crippen LogP contribution is 2.21. The van der Waals surface area contributed by atoms with E-state index in [4.69, 9.17) is 4.74 Å². The van der Waals surface area contributed by atoms with Crippen LogP contribution in [-0.4, -0.2) is 36.9 Å². The van der Waals surface area contributed by atoms with Gasteiger partial charge in [0.1, 0.15) is 0 Å². The van der Waals surface area contributed by atoms with E-state index in [1.165, 1.54) is 0 Å². The maximum atomic E-state index is 11.7. The van der Waals surface area contributed by atoms with E-state index >= 15 is 0 Å². The number of hydrogen-bond acceptors (Lipinski definition) is 3. The Kier molecular flexibility index (Phi) is 4.74. The molecule has 0 radical (unpaired) electrons. The summed E-state index contributed by atoms with van der Waals surface area (Å²) in [5.41, 5.74) is -0.0662. The molecule has 0 aromatic heterocycles. The molecule has 0 aliphatic carbocycles. The van der Waals surface area contributed by atoms with E-state index < -0.39 is 0 Å². The van der Waals surface area contributed by atoms with Gasteiger partial charge in [-0.3, -0.25) is 4.79 Å². The van der Waals surface area contributed by atoms with Crippen molar-refractivity contribution < 1.29 is 14.6 Å². The van der Waals surface area contributed by atoms with Crippen LogP contribution in [0.5, 0.6) is 0 Å². The van der Waals surface area contributed by atoms with E-state index in [2.05, 4.69) is 5.32 Å². The number of carbonyl (C=O) groups is 1. The van der Waals surface area contributed by atoms with Crippen LogP contribution < -0.4 is 5.32 Å². The standard InChI is InChI=1S/C12H23NO3/c1-9(14)6-12(2,3)8-13-11(15)10-4-5-16-7-10/h9-10,14H,4-8H2,1-3H3,(H,13,15). The number of aliphatic hydroxyl groups excluding tert-OH is 1. The summed E-state index contributed by atoms with van der Waals surface area (Å²) < 4.78 is 5.17. The van der Waals surface area contributed by atoms with Crippen LogP contribution in [0.3, 0.4) is 0 Å². The molecule has 4 nitrogen and oxygen atoms in total. The minimum absolute atomic E-state index is 0.0161. The maximum absolute atomic E-state index is 11.7. The Balaban J connectivity index is 2.29. The summed E-state index contributed by atoms with van der Waals surface area (Å²) >= 11 is 0. The van der Waals surface area contributed by atoms with Crippen molar-refractivity contribution in [2.45, 2.75) is 39.7 Å². The third-order valence-corrected chi connectivity index (χ3v) is 2.89. The van der Waals surface area contributed by atoms with E-state index in [1.807, 2.05) is 13.8 Å². The van der Waals surface area contributed by atoms with Crippen LogP contribution in [0.2, 0.25) is 0 Å². The SMILES string of the molecule is CC(O)CC(C)(C)CNC(=O)C1CCOC1. The van der Waals surface area contributed by atoms with Crippen LogP contribution >= 0.6 is 0 Å². The fourth-order valence-corrected chi connectivity index (χ4v) is 2.08. The van der Waals surface area contributed by atoms with Crippen LogP contribution in [0, 0.1) is 11.3 Å². The first-order chi connectivity index (χ1) is 7.41. The second-order valence-electron chi connectivity index (χ2n) is 5.50. The molecule has 1 aliphatic rings. The summed E-state index contributed by atoms with van der Waals surface area (Å²) in [5, 5.41) is 12.3. The maximum Gasteiger partial charge on any atom is 0.225 e. The molecule has 0 aromatic rings. The van der Waals surface area contributed by atoms with Crippen LogP contribution in [0.25, 0.3) is 0 Å². The second kappa shape index (κ2) is 5.64. The van der Waals surface area contributed by atoms with Gasteiger partial charge in [0, 0.05) is 13.2 Å². The van der Waals surface area contributed by atoms with E-state index in [-0.39, 0.29) is 23.3 Å². The zero-order chi connectivity index (χ0) is 12.2. The second-order valence-corrected chi connectivity index (χ2v) is 5.50. The molecule has 1 aliphatic heterocycles. The lowest BCUT2D eigenvalue weighted by atomic mass is 9.87. The third kappa shape index (κ3) is 4.49. The number of rotatable bonds is 5. The Morgan fingerprint density at radius 3 is 2.81 bits per heavy atom. The Morgan fingerprint density at radius 1 is 1.62 bits per heavy atom. The van der Waals surface area contributed by atoms with Crippen molar-refractivity contribution in [3.05, 3.63) is 0 Å². The lowest BCUT2D eigenvalue weighted by molar-refractivity contribution is -0.125. The van der Waals surface area contributed by atoms with Gasteiger partial charge >= 0.3 is 0 Å². The molecule has 16 heavy (non-hydrogen) atoms. The van der Waals surface area contributed by atoms with Gasteiger partial charge in [-0.2, -0.15) is 0 Å². The summed E-state index contributed by atoms with van der Waals surface area (Å²) in [6, 6.07) is 0.